The summed E-state index contributed by atoms with van der Waals surface area (Å²) in [6.45, 7) is 10.1. The number of rotatable bonds is 12. The van der Waals surface area contributed by atoms with Crippen LogP contribution < -0.4 is 4.74 Å². The Balaban J connectivity index is 2.01. The van der Waals surface area contributed by atoms with Gasteiger partial charge in [0.15, 0.2) is 5.60 Å². The summed E-state index contributed by atoms with van der Waals surface area (Å²) in [5.74, 6) is -0.190. The molecule has 0 heterocycles. The Morgan fingerprint density at radius 3 is 2.12 bits per heavy atom. The molecule has 2 rings (SSSR count). The SMILES string of the molecule is CCCN(CCCc1ccc(OC(C)(C)C(=O)O)cc1)S(=O)(=O)c1ccc(C(C)C)cc1. The number of nitrogens with zero attached hydrogens (tertiary/aromatic N) is 1. The zero-order valence-electron chi connectivity index (χ0n) is 19.7. The van der Waals surface area contributed by atoms with E-state index in [1.165, 1.54) is 13.8 Å². The molecule has 0 radical (unpaired) electrons. The second-order valence-corrected chi connectivity index (χ2v) is 10.7. The molecule has 0 aliphatic carbocycles. The van der Waals surface area contributed by atoms with Crippen molar-refractivity contribution in [3.8, 4) is 5.75 Å². The van der Waals surface area contributed by atoms with Crippen LogP contribution in [-0.4, -0.2) is 42.5 Å². The number of hydrogen-bond donors (Lipinski definition) is 1. The Kier molecular flexibility index (Phi) is 8.87. The fourth-order valence-electron chi connectivity index (χ4n) is 3.30. The van der Waals surface area contributed by atoms with Gasteiger partial charge >= 0.3 is 5.97 Å². The molecule has 0 spiro atoms. The molecule has 0 aliphatic heterocycles. The Bertz CT molecular complexity index is 980. The van der Waals surface area contributed by atoms with Gasteiger partial charge in [0.25, 0.3) is 0 Å². The van der Waals surface area contributed by atoms with Crippen LogP contribution >= 0.6 is 0 Å². The van der Waals surface area contributed by atoms with Crippen LogP contribution in [0.2, 0.25) is 0 Å². The lowest BCUT2D eigenvalue weighted by atomic mass is 10.0. The fraction of sp³-hybridized carbons (Fsp3) is 0.480. The third kappa shape index (κ3) is 6.81. The topological polar surface area (TPSA) is 83.9 Å². The Labute approximate surface area is 192 Å². The van der Waals surface area contributed by atoms with Gasteiger partial charge in [0.1, 0.15) is 5.75 Å². The van der Waals surface area contributed by atoms with Crippen LogP contribution in [0.25, 0.3) is 0 Å². The number of aliphatic carboxylic acids is 1. The second-order valence-electron chi connectivity index (χ2n) is 8.79. The quantitative estimate of drug-likeness (QED) is 0.476. The molecule has 0 aliphatic rings. The van der Waals surface area contributed by atoms with E-state index in [4.69, 9.17) is 4.74 Å². The summed E-state index contributed by atoms with van der Waals surface area (Å²) < 4.78 is 33.4. The normalized spacial score (nSPS) is 12.3. The number of ether oxygens (including phenoxy) is 1. The Hall–Kier alpha value is -2.38. The lowest BCUT2D eigenvalue weighted by Crippen LogP contribution is -2.37. The molecule has 32 heavy (non-hydrogen) atoms. The van der Waals surface area contributed by atoms with E-state index in [0.29, 0.717) is 42.5 Å². The van der Waals surface area contributed by atoms with Crippen molar-refractivity contribution in [1.29, 1.82) is 0 Å². The van der Waals surface area contributed by atoms with Gasteiger partial charge in [-0.15, -0.1) is 0 Å². The molecule has 0 unspecified atom stereocenters. The van der Waals surface area contributed by atoms with E-state index < -0.39 is 21.6 Å². The van der Waals surface area contributed by atoms with Crippen LogP contribution in [-0.2, 0) is 21.2 Å². The summed E-state index contributed by atoms with van der Waals surface area (Å²) >= 11 is 0. The van der Waals surface area contributed by atoms with Crippen LogP contribution in [0.4, 0.5) is 0 Å². The van der Waals surface area contributed by atoms with Gasteiger partial charge in [-0.2, -0.15) is 4.31 Å². The number of carboxylic acids is 1. The first-order valence-electron chi connectivity index (χ1n) is 11.1. The van der Waals surface area contributed by atoms with Crippen molar-refractivity contribution in [2.24, 2.45) is 0 Å². The molecule has 6 nitrogen and oxygen atoms in total. The maximum atomic E-state index is 13.1. The highest BCUT2D eigenvalue weighted by Gasteiger charge is 2.29. The summed E-state index contributed by atoms with van der Waals surface area (Å²) in [5.41, 5.74) is 0.856. The number of sulfonamides is 1. The number of aryl methyl sites for hydroxylation is 1. The van der Waals surface area contributed by atoms with E-state index in [1.54, 1.807) is 28.6 Å². The molecule has 176 valence electrons. The highest BCUT2D eigenvalue weighted by atomic mass is 32.2. The first-order valence-corrected chi connectivity index (χ1v) is 12.5. The van der Waals surface area contributed by atoms with Gasteiger partial charge in [0.2, 0.25) is 10.0 Å². The molecule has 0 saturated carbocycles. The zero-order valence-corrected chi connectivity index (χ0v) is 20.5. The highest BCUT2D eigenvalue weighted by Crippen LogP contribution is 2.22. The number of carboxylic acid groups (broad SMARTS) is 1. The van der Waals surface area contributed by atoms with Gasteiger partial charge in [-0.25, -0.2) is 13.2 Å². The number of benzene rings is 2. The van der Waals surface area contributed by atoms with Gasteiger partial charge in [-0.1, -0.05) is 45.0 Å². The average molecular weight is 462 g/mol. The third-order valence-corrected chi connectivity index (χ3v) is 7.25. The fourth-order valence-corrected chi connectivity index (χ4v) is 4.87. The maximum Gasteiger partial charge on any atom is 0.347 e. The van der Waals surface area contributed by atoms with E-state index in [1.807, 2.05) is 31.2 Å². The standard InChI is InChI=1S/C25H35NO5S/c1-6-17-26(32(29,30)23-15-11-21(12-16-23)19(2)3)18-7-8-20-9-13-22(14-10-20)31-25(4,5)24(27)28/h9-16,19H,6-8,17-18H2,1-5H3,(H,27,28). The maximum absolute atomic E-state index is 13.1. The summed E-state index contributed by atoms with van der Waals surface area (Å²) in [7, 11) is -3.54. The molecule has 1 N–H and O–H groups in total. The van der Waals surface area contributed by atoms with E-state index in [0.717, 1.165) is 17.5 Å². The minimum absolute atomic E-state index is 0.331. The van der Waals surface area contributed by atoms with Gasteiger partial charge in [-0.05, 0) is 74.4 Å². The summed E-state index contributed by atoms with van der Waals surface area (Å²) in [6, 6.07) is 14.4. The van der Waals surface area contributed by atoms with Gasteiger partial charge in [-0.3, -0.25) is 0 Å². The molecule has 0 atom stereocenters. The first-order chi connectivity index (χ1) is 15.0. The van der Waals surface area contributed by atoms with Crippen molar-refractivity contribution in [3.63, 3.8) is 0 Å². The lowest BCUT2D eigenvalue weighted by Gasteiger charge is -2.22. The first kappa shape index (κ1) is 25.9. The molecular formula is C25H35NO5S. The molecule has 0 fully saturated rings. The van der Waals surface area contributed by atoms with Crippen LogP contribution in [0.5, 0.6) is 5.75 Å². The molecular weight excluding hydrogens is 426 g/mol. The molecule has 2 aromatic rings. The van der Waals surface area contributed by atoms with Crippen LogP contribution in [0.3, 0.4) is 0 Å². The van der Waals surface area contributed by atoms with E-state index in [2.05, 4.69) is 13.8 Å². The van der Waals surface area contributed by atoms with Crippen molar-refractivity contribution in [2.45, 2.75) is 70.3 Å². The molecule has 0 saturated heterocycles. The number of hydrogen-bond acceptors (Lipinski definition) is 4. The van der Waals surface area contributed by atoms with Crippen LogP contribution in [0, 0.1) is 0 Å². The van der Waals surface area contributed by atoms with Crippen molar-refractivity contribution in [3.05, 3.63) is 59.7 Å². The predicted molar refractivity (Wildman–Crippen MR) is 127 cm³/mol. The van der Waals surface area contributed by atoms with Gasteiger partial charge in [0, 0.05) is 13.1 Å². The van der Waals surface area contributed by atoms with Crippen molar-refractivity contribution in [1.82, 2.24) is 4.31 Å². The molecule has 0 aromatic heterocycles. The molecule has 0 amide bonds. The third-order valence-electron chi connectivity index (χ3n) is 5.34. The van der Waals surface area contributed by atoms with Crippen molar-refractivity contribution >= 4 is 16.0 Å². The van der Waals surface area contributed by atoms with E-state index in [9.17, 15) is 18.3 Å². The Morgan fingerprint density at radius 1 is 1.03 bits per heavy atom. The monoisotopic (exact) mass is 461 g/mol. The summed E-state index contributed by atoms with van der Waals surface area (Å²) in [4.78, 5) is 11.5. The minimum Gasteiger partial charge on any atom is -0.478 e. The van der Waals surface area contributed by atoms with Crippen molar-refractivity contribution < 1.29 is 23.1 Å². The largest absolute Gasteiger partial charge is 0.478 e. The molecule has 7 heteroatoms. The highest BCUT2D eigenvalue weighted by molar-refractivity contribution is 7.89. The van der Waals surface area contributed by atoms with E-state index >= 15 is 0 Å². The Morgan fingerprint density at radius 2 is 1.62 bits per heavy atom. The smallest absolute Gasteiger partial charge is 0.347 e. The average Bonchev–Trinajstić information content (AvgIpc) is 2.74. The summed E-state index contributed by atoms with van der Waals surface area (Å²) in [6.07, 6.45) is 2.14. The van der Waals surface area contributed by atoms with E-state index in [-0.39, 0.29) is 0 Å². The minimum atomic E-state index is -3.54. The van der Waals surface area contributed by atoms with Crippen LogP contribution in [0.1, 0.15) is 64.5 Å². The van der Waals surface area contributed by atoms with Crippen LogP contribution in [0.15, 0.2) is 53.4 Å². The molecule has 0 bridgehead atoms. The van der Waals surface area contributed by atoms with Crippen molar-refractivity contribution in [2.75, 3.05) is 13.1 Å². The molecule has 2 aromatic carbocycles. The van der Waals surface area contributed by atoms with Gasteiger partial charge in [0.05, 0.1) is 4.90 Å². The second kappa shape index (κ2) is 11.0. The predicted octanol–water partition coefficient (Wildman–Crippen LogP) is 5.09. The lowest BCUT2D eigenvalue weighted by molar-refractivity contribution is -0.152. The summed E-state index contributed by atoms with van der Waals surface area (Å²) in [5, 5.41) is 9.18. The zero-order chi connectivity index (χ0) is 23.9. The number of carbonyl (C=O) groups is 1. The van der Waals surface area contributed by atoms with Gasteiger partial charge < -0.3 is 9.84 Å².